The van der Waals surface area contributed by atoms with E-state index in [4.69, 9.17) is 5.73 Å². The van der Waals surface area contributed by atoms with Crippen LogP contribution in [-0.2, 0) is 17.9 Å². The zero-order valence-electron chi connectivity index (χ0n) is 16.2. The van der Waals surface area contributed by atoms with Gasteiger partial charge in [0.1, 0.15) is 5.82 Å². The van der Waals surface area contributed by atoms with E-state index in [0.717, 1.165) is 62.0 Å². The largest absolute Gasteiger partial charge is 0.481 e. The summed E-state index contributed by atoms with van der Waals surface area (Å²) < 4.78 is 0. The van der Waals surface area contributed by atoms with Crippen LogP contribution in [0.3, 0.4) is 0 Å². The SMILES string of the molecule is Cc1nc(CN2CC3CN(Cc4cccnc4N)CC3(CCC(=O)O)C2)cs1. The summed E-state index contributed by atoms with van der Waals surface area (Å²) in [5.74, 6) is 0.348. The van der Waals surface area contributed by atoms with Crippen LogP contribution in [0.25, 0.3) is 0 Å². The summed E-state index contributed by atoms with van der Waals surface area (Å²) in [6.45, 7) is 7.47. The highest BCUT2D eigenvalue weighted by Gasteiger charge is 2.51. The van der Waals surface area contributed by atoms with Crippen molar-refractivity contribution in [2.24, 2.45) is 11.3 Å². The quantitative estimate of drug-likeness (QED) is 0.734. The number of hydrogen-bond acceptors (Lipinski definition) is 7. The van der Waals surface area contributed by atoms with E-state index in [0.29, 0.717) is 11.7 Å². The molecule has 0 saturated carbocycles. The van der Waals surface area contributed by atoms with Crippen LogP contribution < -0.4 is 5.73 Å². The van der Waals surface area contributed by atoms with E-state index in [2.05, 4.69) is 25.1 Å². The van der Waals surface area contributed by atoms with Gasteiger partial charge in [-0.15, -0.1) is 11.3 Å². The van der Waals surface area contributed by atoms with E-state index in [1.54, 1.807) is 17.5 Å². The molecular formula is C20H27N5O2S. The monoisotopic (exact) mass is 401 g/mol. The maximum absolute atomic E-state index is 11.3. The van der Waals surface area contributed by atoms with Crippen molar-refractivity contribution in [2.45, 2.75) is 32.9 Å². The van der Waals surface area contributed by atoms with Gasteiger partial charge in [0.05, 0.1) is 10.7 Å². The third-order valence-electron chi connectivity index (χ3n) is 6.11. The average molecular weight is 402 g/mol. The highest BCUT2D eigenvalue weighted by molar-refractivity contribution is 7.09. The minimum atomic E-state index is -0.711. The lowest BCUT2D eigenvalue weighted by Crippen LogP contribution is -2.34. The van der Waals surface area contributed by atoms with Crippen LogP contribution in [0.15, 0.2) is 23.7 Å². The first-order valence-electron chi connectivity index (χ1n) is 9.70. The second-order valence-corrected chi connectivity index (χ2v) is 9.26. The number of nitrogens with zero attached hydrogens (tertiary/aromatic N) is 4. The molecule has 2 aliphatic rings. The predicted molar refractivity (Wildman–Crippen MR) is 109 cm³/mol. The minimum Gasteiger partial charge on any atom is -0.481 e. The lowest BCUT2D eigenvalue weighted by Gasteiger charge is -2.29. The van der Waals surface area contributed by atoms with Crippen LogP contribution in [0.4, 0.5) is 5.82 Å². The van der Waals surface area contributed by atoms with Gasteiger partial charge in [-0.3, -0.25) is 14.6 Å². The van der Waals surface area contributed by atoms with Crippen molar-refractivity contribution in [1.29, 1.82) is 0 Å². The number of nitrogens with two attached hydrogens (primary N) is 1. The Morgan fingerprint density at radius 3 is 2.75 bits per heavy atom. The molecule has 2 aromatic rings. The van der Waals surface area contributed by atoms with Crippen LogP contribution in [0, 0.1) is 18.3 Å². The van der Waals surface area contributed by atoms with Gasteiger partial charge in [0, 0.05) is 68.2 Å². The number of rotatable bonds is 7. The number of nitrogen functional groups attached to an aromatic ring is 1. The van der Waals surface area contributed by atoms with Gasteiger partial charge < -0.3 is 10.8 Å². The normalized spacial score (nSPS) is 25.2. The number of aliphatic carboxylic acids is 1. The molecule has 0 amide bonds. The number of carbonyl (C=O) groups is 1. The molecular weight excluding hydrogens is 374 g/mol. The number of pyridine rings is 1. The first-order valence-corrected chi connectivity index (χ1v) is 10.6. The third-order valence-corrected chi connectivity index (χ3v) is 6.93. The predicted octanol–water partition coefficient (Wildman–Crippen LogP) is 2.23. The fourth-order valence-corrected chi connectivity index (χ4v) is 5.49. The van der Waals surface area contributed by atoms with Gasteiger partial charge in [-0.25, -0.2) is 9.97 Å². The van der Waals surface area contributed by atoms with E-state index in [-0.39, 0.29) is 11.8 Å². The molecule has 3 N–H and O–H groups in total. The van der Waals surface area contributed by atoms with Crippen molar-refractivity contribution in [2.75, 3.05) is 31.9 Å². The van der Waals surface area contributed by atoms with Gasteiger partial charge >= 0.3 is 5.97 Å². The number of thiazole rings is 1. The summed E-state index contributed by atoms with van der Waals surface area (Å²) in [6, 6.07) is 3.94. The first kappa shape index (κ1) is 19.3. The van der Waals surface area contributed by atoms with Gasteiger partial charge in [-0.2, -0.15) is 0 Å². The topological polar surface area (TPSA) is 95.6 Å². The zero-order valence-corrected chi connectivity index (χ0v) is 17.0. The van der Waals surface area contributed by atoms with Gasteiger partial charge in [0.15, 0.2) is 0 Å². The molecule has 0 bridgehead atoms. The molecule has 4 heterocycles. The molecule has 2 fully saturated rings. The number of aryl methyl sites for hydroxylation is 1. The fourth-order valence-electron chi connectivity index (χ4n) is 4.89. The Hall–Kier alpha value is -2.03. The minimum absolute atomic E-state index is 0.0282. The summed E-state index contributed by atoms with van der Waals surface area (Å²) in [6.07, 6.45) is 2.66. The smallest absolute Gasteiger partial charge is 0.303 e. The summed E-state index contributed by atoms with van der Waals surface area (Å²) in [4.78, 5) is 24.9. The molecule has 2 atom stereocenters. The van der Waals surface area contributed by atoms with Gasteiger partial charge in [0.25, 0.3) is 0 Å². The maximum Gasteiger partial charge on any atom is 0.303 e. The molecule has 28 heavy (non-hydrogen) atoms. The fraction of sp³-hybridized carbons (Fsp3) is 0.550. The van der Waals surface area contributed by atoms with Gasteiger partial charge in [0.2, 0.25) is 0 Å². The molecule has 0 aromatic carbocycles. The number of hydrogen-bond donors (Lipinski definition) is 2. The molecule has 4 rings (SSSR count). The van der Waals surface area contributed by atoms with Crippen molar-refractivity contribution < 1.29 is 9.90 Å². The number of carboxylic acid groups (broad SMARTS) is 1. The molecule has 2 aromatic heterocycles. The highest BCUT2D eigenvalue weighted by Crippen LogP contribution is 2.46. The Morgan fingerprint density at radius 2 is 2.11 bits per heavy atom. The Kier molecular flexibility index (Phi) is 5.35. The Morgan fingerprint density at radius 1 is 1.36 bits per heavy atom. The van der Waals surface area contributed by atoms with E-state index in [9.17, 15) is 9.90 Å². The molecule has 8 heteroatoms. The summed E-state index contributed by atoms with van der Waals surface area (Å²) in [7, 11) is 0. The van der Waals surface area contributed by atoms with E-state index < -0.39 is 5.97 Å². The van der Waals surface area contributed by atoms with Crippen molar-refractivity contribution in [3.05, 3.63) is 40.0 Å². The van der Waals surface area contributed by atoms with Crippen molar-refractivity contribution in [3.8, 4) is 0 Å². The molecule has 0 aliphatic carbocycles. The third kappa shape index (κ3) is 4.04. The maximum atomic E-state index is 11.3. The summed E-state index contributed by atoms with van der Waals surface area (Å²) in [5.41, 5.74) is 8.22. The van der Waals surface area contributed by atoms with E-state index >= 15 is 0 Å². The van der Waals surface area contributed by atoms with Crippen LogP contribution in [0.5, 0.6) is 0 Å². The molecule has 0 radical (unpaired) electrons. The van der Waals surface area contributed by atoms with Crippen LogP contribution >= 0.6 is 11.3 Å². The van der Waals surface area contributed by atoms with Gasteiger partial charge in [-0.05, 0) is 25.3 Å². The zero-order chi connectivity index (χ0) is 19.7. The van der Waals surface area contributed by atoms with E-state index in [1.807, 2.05) is 19.1 Å². The molecule has 7 nitrogen and oxygen atoms in total. The molecule has 0 spiro atoms. The number of carboxylic acids is 1. The van der Waals surface area contributed by atoms with Crippen molar-refractivity contribution >= 4 is 23.1 Å². The van der Waals surface area contributed by atoms with Crippen molar-refractivity contribution in [3.63, 3.8) is 0 Å². The molecule has 2 saturated heterocycles. The summed E-state index contributed by atoms with van der Waals surface area (Å²) >= 11 is 1.68. The Bertz CT molecular complexity index is 857. The van der Waals surface area contributed by atoms with Crippen LogP contribution in [0.2, 0.25) is 0 Å². The molecule has 2 aliphatic heterocycles. The van der Waals surface area contributed by atoms with E-state index in [1.165, 1.54) is 0 Å². The lowest BCUT2D eigenvalue weighted by atomic mass is 9.77. The second kappa shape index (κ2) is 7.77. The Balaban J connectivity index is 1.46. The number of fused-ring (bicyclic) bond motifs is 1. The lowest BCUT2D eigenvalue weighted by molar-refractivity contribution is -0.137. The van der Waals surface area contributed by atoms with Crippen LogP contribution in [0.1, 0.15) is 29.1 Å². The first-order chi connectivity index (χ1) is 13.4. The van der Waals surface area contributed by atoms with Crippen LogP contribution in [-0.4, -0.2) is 57.0 Å². The molecule has 150 valence electrons. The van der Waals surface area contributed by atoms with Crippen molar-refractivity contribution in [1.82, 2.24) is 19.8 Å². The number of likely N-dealkylation sites (tertiary alicyclic amines) is 2. The summed E-state index contributed by atoms with van der Waals surface area (Å²) in [5, 5.41) is 12.5. The number of aromatic nitrogens is 2. The second-order valence-electron chi connectivity index (χ2n) is 8.20. The molecule has 2 unspecified atom stereocenters. The highest BCUT2D eigenvalue weighted by atomic mass is 32.1. The average Bonchev–Trinajstić information content (AvgIpc) is 3.28. The number of anilines is 1. The Labute approximate surface area is 169 Å². The van der Waals surface area contributed by atoms with Gasteiger partial charge in [-0.1, -0.05) is 6.07 Å². The standard InChI is InChI=1S/C20H27N5O2S/c1-14-23-17(11-28-14)10-25-9-16-8-24(7-15-3-2-6-22-19(15)21)12-20(16,13-25)5-4-18(26)27/h2-3,6,11,16H,4-5,7-10,12-13H2,1H3,(H2,21,22)(H,26,27).